The van der Waals surface area contributed by atoms with Crippen LogP contribution in [0.15, 0.2) is 95.5 Å². The van der Waals surface area contributed by atoms with E-state index in [1.807, 2.05) is 47.0 Å². The van der Waals surface area contributed by atoms with E-state index in [0.717, 1.165) is 27.8 Å². The molecule has 0 unspecified atom stereocenters. The molecule has 5 heterocycles. The third-order valence-corrected chi connectivity index (χ3v) is 6.48. The van der Waals surface area contributed by atoms with Gasteiger partial charge >= 0.3 is 0 Å². The molecule has 3 aromatic carbocycles. The maximum atomic E-state index is 10.3. The molecule has 0 fully saturated rings. The van der Waals surface area contributed by atoms with Gasteiger partial charge in [-0.3, -0.25) is 8.97 Å². The van der Waals surface area contributed by atoms with Crippen molar-refractivity contribution in [3.05, 3.63) is 97.2 Å². The molecule has 9 heteroatoms. The Morgan fingerprint density at radius 2 is 1.61 bits per heavy atom. The molecule has 0 aliphatic carbocycles. The molecule has 5 aromatic heterocycles. The van der Waals surface area contributed by atoms with Gasteiger partial charge in [0.05, 0.1) is 39.1 Å². The van der Waals surface area contributed by atoms with E-state index >= 15 is 0 Å². The third kappa shape index (κ3) is 3.24. The van der Waals surface area contributed by atoms with Crippen LogP contribution >= 0.6 is 0 Å². The summed E-state index contributed by atoms with van der Waals surface area (Å²) >= 11 is 0. The van der Waals surface area contributed by atoms with Gasteiger partial charge in [0.2, 0.25) is 11.7 Å². The van der Waals surface area contributed by atoms with Crippen LogP contribution in [0.3, 0.4) is 0 Å². The van der Waals surface area contributed by atoms with Crippen LogP contribution in [-0.2, 0) is 21.1 Å². The van der Waals surface area contributed by atoms with Gasteiger partial charge in [0.15, 0.2) is 0 Å². The summed E-state index contributed by atoms with van der Waals surface area (Å²) in [4.78, 5) is 14.1. The first-order chi connectivity index (χ1) is 18.2. The Bertz CT molecular complexity index is 2160. The molecular formula is C29H16N5O3Pt-. The third-order valence-electron chi connectivity index (χ3n) is 6.48. The molecule has 0 aliphatic heterocycles. The van der Waals surface area contributed by atoms with Crippen molar-refractivity contribution in [1.29, 1.82) is 0 Å². The molecule has 8 nitrogen and oxygen atoms in total. The number of aromatic hydroxyl groups is 1. The van der Waals surface area contributed by atoms with Crippen molar-refractivity contribution in [3.63, 3.8) is 0 Å². The Labute approximate surface area is 229 Å². The normalized spacial score (nSPS) is 11.6. The van der Waals surface area contributed by atoms with Gasteiger partial charge in [0.25, 0.3) is 0 Å². The van der Waals surface area contributed by atoms with Crippen LogP contribution in [0.2, 0.25) is 0 Å². The van der Waals surface area contributed by atoms with Crippen molar-refractivity contribution in [2.75, 3.05) is 0 Å². The van der Waals surface area contributed by atoms with Gasteiger partial charge in [-0.1, -0.05) is 47.9 Å². The first-order valence-electron chi connectivity index (χ1n) is 11.7. The summed E-state index contributed by atoms with van der Waals surface area (Å²) in [5.74, 6) is 2.26. The summed E-state index contributed by atoms with van der Waals surface area (Å²) in [6.45, 7) is 0. The number of benzene rings is 3. The number of phenolic OH excluding ortho intramolecular Hbond substituents is 1. The summed E-state index contributed by atoms with van der Waals surface area (Å²) in [5, 5.41) is 11.4. The minimum atomic E-state index is 0. The van der Waals surface area contributed by atoms with Crippen molar-refractivity contribution >= 4 is 49.9 Å². The number of phenols is 1. The van der Waals surface area contributed by atoms with E-state index in [4.69, 9.17) is 19.1 Å². The predicted molar refractivity (Wildman–Crippen MR) is 139 cm³/mol. The maximum absolute atomic E-state index is 10.3. The minimum absolute atomic E-state index is 0. The number of fused-ring (bicyclic) bond motifs is 8. The number of furan rings is 1. The first kappa shape index (κ1) is 22.5. The van der Waals surface area contributed by atoms with E-state index in [0.29, 0.717) is 39.5 Å². The number of hydrogen-bond donors (Lipinski definition) is 1. The monoisotopic (exact) mass is 677 g/mol. The van der Waals surface area contributed by atoms with E-state index in [2.05, 4.69) is 33.7 Å². The molecule has 0 saturated carbocycles. The Kier molecular flexibility index (Phi) is 4.99. The Morgan fingerprint density at radius 3 is 2.50 bits per heavy atom. The van der Waals surface area contributed by atoms with Crippen LogP contribution in [0.4, 0.5) is 0 Å². The van der Waals surface area contributed by atoms with Crippen molar-refractivity contribution in [1.82, 2.24) is 23.9 Å². The summed E-state index contributed by atoms with van der Waals surface area (Å²) in [6.07, 6.45) is 1.53. The van der Waals surface area contributed by atoms with E-state index in [-0.39, 0.29) is 26.8 Å². The quantitative estimate of drug-likeness (QED) is 0.217. The van der Waals surface area contributed by atoms with Gasteiger partial charge in [0.1, 0.15) is 11.5 Å². The second kappa shape index (κ2) is 8.43. The largest absolute Gasteiger partial charge is 0.517 e. The number of imidazole rings is 2. The Hall–Kier alpha value is -4.68. The Balaban J connectivity index is 0.00000242. The average molecular weight is 678 g/mol. The summed E-state index contributed by atoms with van der Waals surface area (Å²) in [6, 6.07) is 30.1. The maximum Gasteiger partial charge on any atom is 0.221 e. The molecule has 38 heavy (non-hydrogen) atoms. The van der Waals surface area contributed by atoms with Gasteiger partial charge < -0.3 is 19.2 Å². The molecule has 0 aliphatic rings. The van der Waals surface area contributed by atoms with Gasteiger partial charge in [0, 0.05) is 27.1 Å². The molecule has 0 saturated heterocycles. The Morgan fingerprint density at radius 1 is 0.816 bits per heavy atom. The molecule has 0 bridgehead atoms. The van der Waals surface area contributed by atoms with Crippen LogP contribution in [0.1, 0.15) is 0 Å². The number of rotatable bonds is 3. The van der Waals surface area contributed by atoms with Gasteiger partial charge in [-0.2, -0.15) is 4.98 Å². The number of para-hydroxylation sites is 4. The number of aromatic nitrogens is 5. The van der Waals surface area contributed by atoms with Crippen molar-refractivity contribution in [2.24, 2.45) is 0 Å². The van der Waals surface area contributed by atoms with Crippen molar-refractivity contribution < 1.29 is 35.3 Å². The number of hydrogen-bond acceptors (Lipinski definition) is 6. The van der Waals surface area contributed by atoms with Gasteiger partial charge in [-0.05, 0) is 54.0 Å². The van der Waals surface area contributed by atoms with E-state index in [1.54, 1.807) is 24.3 Å². The van der Waals surface area contributed by atoms with Crippen LogP contribution in [0.25, 0.3) is 55.7 Å². The molecule has 186 valence electrons. The number of pyridine rings is 2. The standard InChI is InChI=1S/C29H16N5O3.Pt/c35-23-11-5-12-24-27(23)18-15-17(16-30-28(18)37-24)36-26-14-6-13-25(32-26)34-22-10-4-3-9-21(22)33-20-8-2-1-7-19(20)31-29(33)34;/h1-14,16,35H;/q-1;. The predicted octanol–water partition coefficient (Wildman–Crippen LogP) is 6.42. The fourth-order valence-corrected chi connectivity index (χ4v) is 4.92. The number of nitrogens with zero attached hydrogens (tertiary/aromatic N) is 5. The minimum Gasteiger partial charge on any atom is -0.517 e. The summed E-state index contributed by atoms with van der Waals surface area (Å²) < 4.78 is 16.0. The molecule has 0 radical (unpaired) electrons. The van der Waals surface area contributed by atoms with Gasteiger partial charge in [-0.15, -0.1) is 0 Å². The van der Waals surface area contributed by atoms with Crippen LogP contribution in [0.5, 0.6) is 17.4 Å². The van der Waals surface area contributed by atoms with Crippen molar-refractivity contribution in [2.45, 2.75) is 0 Å². The average Bonchev–Trinajstić information content (AvgIpc) is 3.57. The molecule has 8 aromatic rings. The van der Waals surface area contributed by atoms with Crippen LogP contribution < -0.4 is 4.74 Å². The zero-order valence-electron chi connectivity index (χ0n) is 19.5. The summed E-state index contributed by atoms with van der Waals surface area (Å²) in [7, 11) is 0. The second-order valence-corrected chi connectivity index (χ2v) is 8.68. The van der Waals surface area contributed by atoms with Crippen LogP contribution in [-0.4, -0.2) is 29.0 Å². The summed E-state index contributed by atoms with van der Waals surface area (Å²) in [5.41, 5.74) is 4.87. The molecule has 0 amide bonds. The molecule has 0 spiro atoms. The number of ether oxygens (including phenoxy) is 1. The zero-order valence-corrected chi connectivity index (χ0v) is 21.7. The topological polar surface area (TPSA) is 90.6 Å². The van der Waals surface area contributed by atoms with E-state index in [9.17, 15) is 5.11 Å². The van der Waals surface area contributed by atoms with Crippen molar-refractivity contribution in [3.8, 4) is 23.2 Å². The fourth-order valence-electron chi connectivity index (χ4n) is 4.92. The first-order valence-corrected chi connectivity index (χ1v) is 11.7. The second-order valence-electron chi connectivity index (χ2n) is 8.68. The van der Waals surface area contributed by atoms with Gasteiger partial charge in [-0.25, -0.2) is 4.98 Å². The molecule has 1 N–H and O–H groups in total. The fraction of sp³-hybridized carbons (Fsp3) is 0. The van der Waals surface area contributed by atoms with Crippen LogP contribution in [0, 0.1) is 6.07 Å². The molecule has 8 rings (SSSR count). The smallest absolute Gasteiger partial charge is 0.221 e. The van der Waals surface area contributed by atoms with E-state index in [1.165, 1.54) is 6.20 Å². The SMILES string of the molecule is Oc1cccc2oc3ncc(Oc4cccc(-n5c6ccccc6n6c7ccccc7nc56)n4)[c-]c3c12.[Pt]. The molecular weight excluding hydrogens is 661 g/mol. The zero-order chi connectivity index (χ0) is 24.5. The van der Waals surface area contributed by atoms with E-state index < -0.39 is 0 Å². The molecule has 0 atom stereocenters.